The lowest BCUT2D eigenvalue weighted by molar-refractivity contribution is -0.386. The van der Waals surface area contributed by atoms with Gasteiger partial charge in [-0.05, 0) is 39.8 Å². The fourth-order valence-electron chi connectivity index (χ4n) is 3.41. The second kappa shape index (κ2) is 6.52. The van der Waals surface area contributed by atoms with Gasteiger partial charge in [-0.25, -0.2) is 0 Å². The van der Waals surface area contributed by atoms with Gasteiger partial charge in [-0.15, -0.1) is 0 Å². The molecule has 0 N–H and O–H groups in total. The second-order valence-electron chi connectivity index (χ2n) is 6.68. The summed E-state index contributed by atoms with van der Waals surface area (Å²) in [6.45, 7) is 7.00. The number of nitrogens with zero attached hydrogens (tertiary/aromatic N) is 6. The number of hydrogen-bond donors (Lipinski definition) is 0. The molecular weight excluding hydrogens is 360 g/mol. The van der Waals surface area contributed by atoms with E-state index in [4.69, 9.17) is 4.52 Å². The van der Waals surface area contributed by atoms with Crippen molar-refractivity contribution < 1.29 is 9.45 Å². The van der Waals surface area contributed by atoms with Crippen LogP contribution in [0.25, 0.3) is 22.3 Å². The zero-order valence-electron chi connectivity index (χ0n) is 15.9. The molecule has 1 atom stereocenters. The smallest absolute Gasteiger partial charge is 0.312 e. The molecule has 0 radical (unpaired) electrons. The van der Waals surface area contributed by atoms with Crippen molar-refractivity contribution in [1.82, 2.24) is 24.9 Å². The lowest BCUT2D eigenvalue weighted by Crippen LogP contribution is -2.11. The molecule has 0 aliphatic carbocycles. The minimum atomic E-state index is -0.442. The fraction of sp³-hybridized carbons (Fsp3) is 0.263. The highest BCUT2D eigenvalue weighted by Crippen LogP contribution is 2.30. The molecule has 142 valence electrons. The van der Waals surface area contributed by atoms with E-state index in [0.29, 0.717) is 23.1 Å². The van der Waals surface area contributed by atoms with Crippen LogP contribution in [-0.2, 0) is 0 Å². The van der Waals surface area contributed by atoms with E-state index in [1.807, 2.05) is 44.2 Å². The SMILES string of the molecule is Cc1cc(-c2noc([C@@H](C)n3nc(C)c([N+](=O)[O-])c3C)n2)c2ccccc2n1. The van der Waals surface area contributed by atoms with Gasteiger partial charge in [0.15, 0.2) is 0 Å². The molecule has 0 amide bonds. The number of benzene rings is 1. The number of pyridine rings is 1. The topological polar surface area (TPSA) is 113 Å². The summed E-state index contributed by atoms with van der Waals surface area (Å²) in [4.78, 5) is 19.9. The first-order chi connectivity index (χ1) is 13.4. The van der Waals surface area contributed by atoms with Gasteiger partial charge in [0, 0.05) is 16.6 Å². The van der Waals surface area contributed by atoms with Gasteiger partial charge in [0.1, 0.15) is 17.4 Å². The molecule has 0 saturated heterocycles. The van der Waals surface area contributed by atoms with Crippen molar-refractivity contribution in [3.05, 3.63) is 63.4 Å². The summed E-state index contributed by atoms with van der Waals surface area (Å²) in [6.07, 6.45) is 0. The summed E-state index contributed by atoms with van der Waals surface area (Å²) in [5.74, 6) is 0.772. The quantitative estimate of drug-likeness (QED) is 0.390. The Labute approximate surface area is 160 Å². The number of fused-ring (bicyclic) bond motifs is 1. The van der Waals surface area contributed by atoms with Gasteiger partial charge in [0.25, 0.3) is 5.89 Å². The number of aromatic nitrogens is 5. The van der Waals surface area contributed by atoms with Gasteiger partial charge in [-0.3, -0.25) is 19.8 Å². The average molecular weight is 378 g/mol. The second-order valence-corrected chi connectivity index (χ2v) is 6.68. The maximum Gasteiger partial charge on any atom is 0.312 e. The van der Waals surface area contributed by atoms with E-state index in [2.05, 4.69) is 20.2 Å². The first-order valence-electron chi connectivity index (χ1n) is 8.77. The fourth-order valence-corrected chi connectivity index (χ4v) is 3.41. The van der Waals surface area contributed by atoms with Crippen LogP contribution in [0.2, 0.25) is 0 Å². The zero-order valence-corrected chi connectivity index (χ0v) is 15.9. The number of hydrogen-bond acceptors (Lipinski definition) is 7. The first kappa shape index (κ1) is 17.8. The van der Waals surface area contributed by atoms with Gasteiger partial charge in [0.2, 0.25) is 5.82 Å². The van der Waals surface area contributed by atoms with Gasteiger partial charge in [-0.1, -0.05) is 23.4 Å². The van der Waals surface area contributed by atoms with Crippen molar-refractivity contribution in [3.63, 3.8) is 0 Å². The van der Waals surface area contributed by atoms with Crippen LogP contribution < -0.4 is 0 Å². The molecule has 0 saturated carbocycles. The van der Waals surface area contributed by atoms with Crippen LogP contribution in [-0.4, -0.2) is 29.8 Å². The molecule has 0 aliphatic rings. The highest BCUT2D eigenvalue weighted by molar-refractivity contribution is 5.92. The van der Waals surface area contributed by atoms with E-state index in [-0.39, 0.29) is 5.69 Å². The Morgan fingerprint density at radius 1 is 1.18 bits per heavy atom. The first-order valence-corrected chi connectivity index (χ1v) is 8.77. The van der Waals surface area contributed by atoms with Crippen molar-refractivity contribution in [2.75, 3.05) is 0 Å². The summed E-state index contributed by atoms with van der Waals surface area (Å²) >= 11 is 0. The zero-order chi connectivity index (χ0) is 20.0. The Bertz CT molecular complexity index is 1210. The Hall–Kier alpha value is -3.62. The number of aryl methyl sites for hydroxylation is 2. The summed E-state index contributed by atoms with van der Waals surface area (Å²) in [5, 5.41) is 20.6. The van der Waals surface area contributed by atoms with Crippen LogP contribution in [0.4, 0.5) is 5.69 Å². The normalized spacial score (nSPS) is 12.4. The number of para-hydroxylation sites is 1. The van der Waals surface area contributed by atoms with Crippen molar-refractivity contribution in [3.8, 4) is 11.4 Å². The summed E-state index contributed by atoms with van der Waals surface area (Å²) in [5.41, 5.74) is 3.32. The van der Waals surface area contributed by atoms with Crippen molar-refractivity contribution in [1.29, 1.82) is 0 Å². The molecule has 0 unspecified atom stereocenters. The number of rotatable bonds is 4. The lowest BCUT2D eigenvalue weighted by Gasteiger charge is -2.08. The van der Waals surface area contributed by atoms with E-state index >= 15 is 0 Å². The van der Waals surface area contributed by atoms with Crippen molar-refractivity contribution in [2.45, 2.75) is 33.7 Å². The summed E-state index contributed by atoms with van der Waals surface area (Å²) in [7, 11) is 0. The Morgan fingerprint density at radius 2 is 1.93 bits per heavy atom. The van der Waals surface area contributed by atoms with Gasteiger partial charge >= 0.3 is 5.69 Å². The standard InChI is InChI=1S/C19H18N6O3/c1-10-9-15(14-7-5-6-8-16(14)20-10)18-21-19(28-23-18)13(4)24-12(3)17(25(26)27)11(2)22-24/h5-9,13H,1-4H3/t13-/m1/s1. The molecule has 9 heteroatoms. The minimum absolute atomic E-state index is 0.00217. The van der Waals surface area contributed by atoms with E-state index in [1.165, 1.54) is 0 Å². The highest BCUT2D eigenvalue weighted by atomic mass is 16.6. The third kappa shape index (κ3) is 2.81. The molecule has 9 nitrogen and oxygen atoms in total. The monoisotopic (exact) mass is 378 g/mol. The van der Waals surface area contributed by atoms with E-state index in [9.17, 15) is 10.1 Å². The molecule has 0 aliphatic heterocycles. The number of nitro groups is 1. The van der Waals surface area contributed by atoms with Gasteiger partial charge in [0.05, 0.1) is 10.4 Å². The van der Waals surface area contributed by atoms with E-state index in [1.54, 1.807) is 18.5 Å². The molecule has 4 aromatic rings. The van der Waals surface area contributed by atoms with Crippen LogP contribution in [0, 0.1) is 30.9 Å². The van der Waals surface area contributed by atoms with E-state index < -0.39 is 11.0 Å². The maximum atomic E-state index is 11.3. The predicted octanol–water partition coefficient (Wildman–Crippen LogP) is 3.92. The van der Waals surface area contributed by atoms with Crippen LogP contribution in [0.5, 0.6) is 0 Å². The van der Waals surface area contributed by atoms with Crippen LogP contribution in [0.15, 0.2) is 34.9 Å². The Balaban J connectivity index is 1.77. The summed E-state index contributed by atoms with van der Waals surface area (Å²) in [6, 6.07) is 9.23. The van der Waals surface area contributed by atoms with Crippen molar-refractivity contribution >= 4 is 16.6 Å². The molecule has 3 heterocycles. The van der Waals surface area contributed by atoms with E-state index in [0.717, 1.165) is 22.2 Å². The lowest BCUT2D eigenvalue weighted by atomic mass is 10.1. The molecular formula is C19H18N6O3. The molecule has 0 spiro atoms. The average Bonchev–Trinajstić information content (AvgIpc) is 3.25. The third-order valence-corrected chi connectivity index (χ3v) is 4.72. The molecule has 0 fully saturated rings. The maximum absolute atomic E-state index is 11.3. The molecule has 1 aromatic carbocycles. The minimum Gasteiger partial charge on any atom is -0.337 e. The van der Waals surface area contributed by atoms with Crippen LogP contribution in [0.1, 0.15) is 35.9 Å². The summed E-state index contributed by atoms with van der Waals surface area (Å²) < 4.78 is 7.02. The molecule has 4 rings (SSSR count). The third-order valence-electron chi connectivity index (χ3n) is 4.72. The van der Waals surface area contributed by atoms with Crippen molar-refractivity contribution in [2.24, 2.45) is 0 Å². The highest BCUT2D eigenvalue weighted by Gasteiger charge is 2.27. The van der Waals surface area contributed by atoms with Crippen LogP contribution >= 0.6 is 0 Å². The van der Waals surface area contributed by atoms with Gasteiger partial charge < -0.3 is 4.52 Å². The molecule has 0 bridgehead atoms. The largest absolute Gasteiger partial charge is 0.337 e. The Morgan fingerprint density at radius 3 is 2.64 bits per heavy atom. The van der Waals surface area contributed by atoms with Gasteiger partial charge in [-0.2, -0.15) is 10.1 Å². The molecule has 28 heavy (non-hydrogen) atoms. The molecule has 3 aromatic heterocycles. The Kier molecular flexibility index (Phi) is 4.14. The van der Waals surface area contributed by atoms with Crippen LogP contribution in [0.3, 0.4) is 0 Å². The predicted molar refractivity (Wildman–Crippen MR) is 102 cm³/mol.